The number of hydrogen-bond acceptors (Lipinski definition) is 5. The molecule has 0 saturated carbocycles. The Bertz CT molecular complexity index is 459. The number of carbonyl (C=O) groups is 1. The molecule has 0 aliphatic carbocycles. The molecule has 98 valence electrons. The molecule has 2 heterocycles. The van der Waals surface area contributed by atoms with Crippen LogP contribution in [0.15, 0.2) is 5.03 Å². The Morgan fingerprint density at radius 3 is 2.83 bits per heavy atom. The number of ether oxygens (including phenoxy) is 1. The van der Waals surface area contributed by atoms with E-state index in [4.69, 9.17) is 4.74 Å². The first-order valence-electron chi connectivity index (χ1n) is 5.91. The Hall–Kier alpha value is -1.14. The summed E-state index contributed by atoms with van der Waals surface area (Å²) >= 11 is 1.49. The monoisotopic (exact) mass is 268 g/mol. The predicted octanol–water partition coefficient (Wildman–Crippen LogP) is 2.06. The molecule has 0 radical (unpaired) electrons. The number of aryl methyl sites for hydroxylation is 2. The first-order chi connectivity index (χ1) is 8.58. The fourth-order valence-electron chi connectivity index (χ4n) is 1.97. The quantitative estimate of drug-likeness (QED) is 0.846. The number of rotatable bonds is 3. The number of thioether (sulfide) groups is 1. The second-order valence-corrected chi connectivity index (χ2v) is 5.59. The van der Waals surface area contributed by atoms with Gasteiger partial charge in [-0.2, -0.15) is 0 Å². The first-order valence-corrected chi connectivity index (χ1v) is 6.79. The van der Waals surface area contributed by atoms with Gasteiger partial charge in [-0.1, -0.05) is 11.8 Å². The maximum atomic E-state index is 11.3. The zero-order valence-corrected chi connectivity index (χ0v) is 11.3. The fraction of sp³-hybridized carbons (Fsp3) is 0.583. The normalized spacial score (nSPS) is 19.8. The number of hydrogen-bond donors (Lipinski definition) is 1. The van der Waals surface area contributed by atoms with Gasteiger partial charge in [0, 0.05) is 11.9 Å². The molecule has 1 fully saturated rings. The average Bonchev–Trinajstić information content (AvgIpc) is 2.28. The Morgan fingerprint density at radius 2 is 2.22 bits per heavy atom. The van der Waals surface area contributed by atoms with Gasteiger partial charge in [-0.25, -0.2) is 14.8 Å². The Morgan fingerprint density at radius 1 is 1.44 bits per heavy atom. The zero-order valence-electron chi connectivity index (χ0n) is 10.5. The molecular weight excluding hydrogens is 252 g/mol. The van der Waals surface area contributed by atoms with E-state index in [0.29, 0.717) is 23.2 Å². The van der Waals surface area contributed by atoms with Gasteiger partial charge in [0.25, 0.3) is 0 Å². The number of aromatic carboxylic acids is 1. The second-order valence-electron chi connectivity index (χ2n) is 4.30. The van der Waals surface area contributed by atoms with Crippen LogP contribution in [0.25, 0.3) is 0 Å². The molecule has 2 rings (SSSR count). The SMILES string of the molecule is Cc1nc(C)c(C(=O)O)c(SC2CCCOC2)n1. The fourth-order valence-corrected chi connectivity index (χ4v) is 3.28. The van der Waals surface area contributed by atoms with Crippen LogP contribution in [0, 0.1) is 13.8 Å². The predicted molar refractivity (Wildman–Crippen MR) is 68.2 cm³/mol. The van der Waals surface area contributed by atoms with E-state index < -0.39 is 5.97 Å². The first kappa shape index (κ1) is 13.3. The maximum absolute atomic E-state index is 11.3. The second kappa shape index (κ2) is 5.67. The molecule has 0 amide bonds. The van der Waals surface area contributed by atoms with Gasteiger partial charge in [-0.15, -0.1) is 0 Å². The van der Waals surface area contributed by atoms with Crippen LogP contribution in [0.4, 0.5) is 0 Å². The largest absolute Gasteiger partial charge is 0.478 e. The van der Waals surface area contributed by atoms with Crippen LogP contribution in [-0.2, 0) is 4.74 Å². The van der Waals surface area contributed by atoms with Crippen LogP contribution in [-0.4, -0.2) is 39.5 Å². The highest BCUT2D eigenvalue weighted by atomic mass is 32.2. The van der Waals surface area contributed by atoms with Crippen molar-refractivity contribution in [2.24, 2.45) is 0 Å². The molecule has 5 nitrogen and oxygen atoms in total. The summed E-state index contributed by atoms with van der Waals surface area (Å²) < 4.78 is 5.40. The summed E-state index contributed by atoms with van der Waals surface area (Å²) in [7, 11) is 0. The highest BCUT2D eigenvalue weighted by Crippen LogP contribution is 2.30. The Balaban J connectivity index is 2.27. The van der Waals surface area contributed by atoms with Crippen molar-refractivity contribution in [2.75, 3.05) is 13.2 Å². The molecule has 1 aliphatic heterocycles. The van der Waals surface area contributed by atoms with Gasteiger partial charge in [0.15, 0.2) is 0 Å². The molecule has 1 aliphatic rings. The van der Waals surface area contributed by atoms with E-state index >= 15 is 0 Å². The number of aromatic nitrogens is 2. The summed E-state index contributed by atoms with van der Waals surface area (Å²) in [6.07, 6.45) is 2.05. The molecule has 18 heavy (non-hydrogen) atoms. The van der Waals surface area contributed by atoms with Crippen molar-refractivity contribution in [3.8, 4) is 0 Å². The van der Waals surface area contributed by atoms with E-state index in [-0.39, 0.29) is 10.8 Å². The summed E-state index contributed by atoms with van der Waals surface area (Å²) in [4.78, 5) is 19.6. The molecule has 1 aromatic rings. The van der Waals surface area contributed by atoms with Crippen LogP contribution in [0.5, 0.6) is 0 Å². The lowest BCUT2D eigenvalue weighted by Gasteiger charge is -2.21. The molecule has 6 heteroatoms. The summed E-state index contributed by atoms with van der Waals surface area (Å²) in [6, 6.07) is 0. The zero-order chi connectivity index (χ0) is 13.1. The van der Waals surface area contributed by atoms with E-state index in [1.165, 1.54) is 11.8 Å². The van der Waals surface area contributed by atoms with Crippen LogP contribution < -0.4 is 0 Å². The van der Waals surface area contributed by atoms with Crippen molar-refractivity contribution in [2.45, 2.75) is 37.0 Å². The highest BCUT2D eigenvalue weighted by Gasteiger charge is 2.22. The third kappa shape index (κ3) is 3.00. The smallest absolute Gasteiger partial charge is 0.340 e. The molecule has 1 saturated heterocycles. The van der Waals surface area contributed by atoms with Crippen LogP contribution in [0.1, 0.15) is 34.7 Å². The van der Waals surface area contributed by atoms with Crippen LogP contribution >= 0.6 is 11.8 Å². The Kier molecular flexibility index (Phi) is 4.19. The molecule has 1 aromatic heterocycles. The minimum absolute atomic E-state index is 0.219. The van der Waals surface area contributed by atoms with E-state index in [1.807, 2.05) is 0 Å². The van der Waals surface area contributed by atoms with Crippen molar-refractivity contribution in [1.29, 1.82) is 0 Å². The lowest BCUT2D eigenvalue weighted by atomic mass is 10.2. The van der Waals surface area contributed by atoms with Crippen LogP contribution in [0.3, 0.4) is 0 Å². The molecule has 0 spiro atoms. The lowest BCUT2D eigenvalue weighted by molar-refractivity contribution is 0.0690. The van der Waals surface area contributed by atoms with Crippen molar-refractivity contribution in [3.63, 3.8) is 0 Å². The average molecular weight is 268 g/mol. The molecule has 0 aromatic carbocycles. The maximum Gasteiger partial charge on any atom is 0.340 e. The van der Waals surface area contributed by atoms with Crippen molar-refractivity contribution in [1.82, 2.24) is 9.97 Å². The molecular formula is C12H16N2O3S. The van der Waals surface area contributed by atoms with Gasteiger partial charge < -0.3 is 9.84 Å². The van der Waals surface area contributed by atoms with Gasteiger partial charge in [-0.3, -0.25) is 0 Å². The van der Waals surface area contributed by atoms with Gasteiger partial charge in [0.2, 0.25) is 0 Å². The minimum atomic E-state index is -0.966. The molecule has 1 unspecified atom stereocenters. The van der Waals surface area contributed by atoms with Crippen molar-refractivity contribution in [3.05, 3.63) is 17.1 Å². The van der Waals surface area contributed by atoms with Crippen molar-refractivity contribution < 1.29 is 14.6 Å². The summed E-state index contributed by atoms with van der Waals surface area (Å²) in [6.45, 7) is 4.94. The van der Waals surface area contributed by atoms with Gasteiger partial charge in [0.1, 0.15) is 16.4 Å². The third-order valence-corrected chi connectivity index (χ3v) is 4.00. The van der Waals surface area contributed by atoms with Gasteiger partial charge in [0.05, 0.1) is 12.3 Å². The highest BCUT2D eigenvalue weighted by molar-refractivity contribution is 8.00. The molecule has 0 bridgehead atoms. The van der Waals surface area contributed by atoms with Crippen LogP contribution in [0.2, 0.25) is 0 Å². The summed E-state index contributed by atoms with van der Waals surface area (Å²) in [5, 5.41) is 10.1. The van der Waals surface area contributed by atoms with E-state index in [9.17, 15) is 9.90 Å². The Labute approximate surface area is 110 Å². The van der Waals surface area contributed by atoms with Gasteiger partial charge >= 0.3 is 5.97 Å². The standard InChI is InChI=1S/C12H16N2O3S/c1-7-10(12(15)16)11(14-8(2)13-7)18-9-4-3-5-17-6-9/h9H,3-6H2,1-2H3,(H,15,16). The number of carboxylic acid groups (broad SMARTS) is 1. The van der Waals surface area contributed by atoms with Crippen molar-refractivity contribution >= 4 is 17.7 Å². The van der Waals surface area contributed by atoms with E-state index in [0.717, 1.165) is 19.4 Å². The topological polar surface area (TPSA) is 72.3 Å². The number of nitrogens with zero attached hydrogens (tertiary/aromatic N) is 2. The van der Waals surface area contributed by atoms with E-state index in [2.05, 4.69) is 9.97 Å². The third-order valence-electron chi connectivity index (χ3n) is 2.78. The van der Waals surface area contributed by atoms with Gasteiger partial charge in [-0.05, 0) is 26.7 Å². The minimum Gasteiger partial charge on any atom is -0.478 e. The lowest BCUT2D eigenvalue weighted by Crippen LogP contribution is -2.20. The molecule has 1 atom stereocenters. The number of carboxylic acids is 1. The van der Waals surface area contributed by atoms with E-state index in [1.54, 1.807) is 13.8 Å². The summed E-state index contributed by atoms with van der Waals surface area (Å²) in [5.74, 6) is -0.358. The summed E-state index contributed by atoms with van der Waals surface area (Å²) in [5.41, 5.74) is 0.741. The molecule has 1 N–H and O–H groups in total.